The van der Waals surface area contributed by atoms with Crippen LogP contribution in [-0.4, -0.2) is 13.1 Å². The van der Waals surface area contributed by atoms with Crippen LogP contribution in [0.1, 0.15) is 71.1 Å². The minimum Gasteiger partial charge on any atom is -0.313 e. The zero-order valence-corrected chi connectivity index (χ0v) is 13.7. The highest BCUT2D eigenvalue weighted by Crippen LogP contribution is 2.29. The van der Waals surface area contributed by atoms with Crippen molar-refractivity contribution in [1.29, 1.82) is 0 Å². The van der Waals surface area contributed by atoms with Crippen LogP contribution in [0.2, 0.25) is 0 Å². The number of hydrogen-bond donors (Lipinski definition) is 1. The van der Waals surface area contributed by atoms with Gasteiger partial charge < -0.3 is 5.32 Å². The van der Waals surface area contributed by atoms with Crippen LogP contribution >= 0.6 is 0 Å². The normalized spacial score (nSPS) is 23.2. The molecule has 1 unspecified atom stereocenters. The number of allylic oxidation sites excluding steroid dienone is 3. The first-order chi connectivity index (χ1) is 10.3. The van der Waals surface area contributed by atoms with Crippen LogP contribution in [0.4, 0.5) is 4.39 Å². The molecule has 0 bridgehead atoms. The molecule has 21 heavy (non-hydrogen) atoms. The van der Waals surface area contributed by atoms with Gasteiger partial charge in [-0.2, -0.15) is 0 Å². The first-order valence-corrected chi connectivity index (χ1v) is 9.07. The average molecular weight is 293 g/mol. The molecule has 1 fully saturated rings. The summed E-state index contributed by atoms with van der Waals surface area (Å²) in [5.41, 5.74) is 0.992. The minimum atomic E-state index is 0.00170. The molecule has 2 rings (SSSR count). The lowest BCUT2D eigenvalue weighted by Gasteiger charge is -2.21. The van der Waals surface area contributed by atoms with Crippen LogP contribution in [0, 0.1) is 11.8 Å². The molecule has 0 aliphatic heterocycles. The maximum Gasteiger partial charge on any atom is 0.123 e. The zero-order chi connectivity index (χ0) is 14.9. The van der Waals surface area contributed by atoms with Crippen LogP contribution in [0.3, 0.4) is 0 Å². The summed E-state index contributed by atoms with van der Waals surface area (Å²) in [4.78, 5) is 0. The Bertz CT molecular complexity index is 353. The summed E-state index contributed by atoms with van der Waals surface area (Å²) in [7, 11) is 0. The minimum absolute atomic E-state index is 0.00170. The van der Waals surface area contributed by atoms with Crippen molar-refractivity contribution in [3.8, 4) is 0 Å². The lowest BCUT2D eigenvalue weighted by atomic mass is 9.88. The van der Waals surface area contributed by atoms with Gasteiger partial charge in [0.1, 0.15) is 5.83 Å². The van der Waals surface area contributed by atoms with Crippen molar-refractivity contribution in [3.63, 3.8) is 0 Å². The summed E-state index contributed by atoms with van der Waals surface area (Å²) in [6, 6.07) is 0. The van der Waals surface area contributed by atoms with Crippen LogP contribution in [0.5, 0.6) is 0 Å². The van der Waals surface area contributed by atoms with Crippen LogP contribution in [0.25, 0.3) is 0 Å². The fourth-order valence-electron chi connectivity index (χ4n) is 3.80. The summed E-state index contributed by atoms with van der Waals surface area (Å²) in [5, 5.41) is 3.45. The Hall–Kier alpha value is -0.630. The van der Waals surface area contributed by atoms with E-state index in [1.807, 2.05) is 6.08 Å². The lowest BCUT2D eigenvalue weighted by molar-refractivity contribution is 0.462. The van der Waals surface area contributed by atoms with Gasteiger partial charge in [0.05, 0.1) is 0 Å². The number of halogens is 1. The van der Waals surface area contributed by atoms with E-state index < -0.39 is 0 Å². The number of nitrogens with one attached hydrogen (secondary N) is 1. The van der Waals surface area contributed by atoms with Gasteiger partial charge in [-0.3, -0.25) is 0 Å². The fraction of sp³-hybridized carbons (Fsp3) is 0.789. The predicted octanol–water partition coefficient (Wildman–Crippen LogP) is 5.54. The van der Waals surface area contributed by atoms with Gasteiger partial charge in [0.2, 0.25) is 0 Å². The number of rotatable bonds is 9. The second-order valence-corrected chi connectivity index (χ2v) is 6.79. The molecule has 1 atom stereocenters. The molecule has 0 spiro atoms. The van der Waals surface area contributed by atoms with Gasteiger partial charge in [-0.1, -0.05) is 57.9 Å². The smallest absolute Gasteiger partial charge is 0.123 e. The summed E-state index contributed by atoms with van der Waals surface area (Å²) in [5.74, 6) is 1.43. The monoisotopic (exact) mass is 293 g/mol. The van der Waals surface area contributed by atoms with Gasteiger partial charge >= 0.3 is 0 Å². The van der Waals surface area contributed by atoms with Gasteiger partial charge in [0.25, 0.3) is 0 Å². The molecule has 1 saturated carbocycles. The van der Waals surface area contributed by atoms with E-state index in [2.05, 4.69) is 12.2 Å². The Morgan fingerprint density at radius 1 is 1.19 bits per heavy atom. The van der Waals surface area contributed by atoms with Gasteiger partial charge in [0.15, 0.2) is 0 Å². The maximum absolute atomic E-state index is 13.8. The molecular weight excluding hydrogens is 261 g/mol. The molecule has 1 N–H and O–H groups in total. The molecule has 0 heterocycles. The summed E-state index contributed by atoms with van der Waals surface area (Å²) in [6.45, 7) is 3.92. The van der Waals surface area contributed by atoms with Crippen LogP contribution < -0.4 is 5.32 Å². The molecule has 0 saturated heterocycles. The van der Waals surface area contributed by atoms with Crippen molar-refractivity contribution in [2.24, 2.45) is 11.8 Å². The highest BCUT2D eigenvalue weighted by Gasteiger charge is 2.18. The molecule has 2 aliphatic carbocycles. The maximum atomic E-state index is 13.8. The Kier molecular flexibility index (Phi) is 7.49. The standard InChI is InChI=1S/C19H32FN/c1-2-17-12-8-13-19(20)18(17)15-21-14-7-3-4-9-16-10-5-6-11-16/h8,13,16-17,21H,2-7,9-12,14-15H2,1H3. The first-order valence-electron chi connectivity index (χ1n) is 9.07. The fourth-order valence-corrected chi connectivity index (χ4v) is 3.80. The number of hydrogen-bond acceptors (Lipinski definition) is 1. The Morgan fingerprint density at radius 3 is 2.76 bits per heavy atom. The van der Waals surface area contributed by atoms with Crippen molar-refractivity contribution in [2.45, 2.75) is 71.1 Å². The van der Waals surface area contributed by atoms with Gasteiger partial charge in [-0.25, -0.2) is 4.39 Å². The lowest BCUT2D eigenvalue weighted by Crippen LogP contribution is -2.23. The molecular formula is C19H32FN. The highest BCUT2D eigenvalue weighted by atomic mass is 19.1. The molecule has 0 aromatic rings. The van der Waals surface area contributed by atoms with Gasteiger partial charge in [-0.05, 0) is 49.3 Å². The predicted molar refractivity (Wildman–Crippen MR) is 89.0 cm³/mol. The summed E-state index contributed by atoms with van der Waals surface area (Å²) < 4.78 is 13.8. The molecule has 0 radical (unpaired) electrons. The van der Waals surface area contributed by atoms with E-state index in [4.69, 9.17) is 0 Å². The van der Waals surface area contributed by atoms with E-state index in [1.165, 1.54) is 51.4 Å². The first kappa shape index (κ1) is 16.7. The van der Waals surface area contributed by atoms with Gasteiger partial charge in [-0.15, -0.1) is 0 Å². The zero-order valence-electron chi connectivity index (χ0n) is 13.7. The third-order valence-corrected chi connectivity index (χ3v) is 5.23. The van der Waals surface area contributed by atoms with Crippen LogP contribution in [0.15, 0.2) is 23.6 Å². The Labute approximate surface area is 130 Å². The second kappa shape index (κ2) is 9.40. The number of unbranched alkanes of at least 4 members (excludes halogenated alkanes) is 2. The van der Waals surface area contributed by atoms with Crippen molar-refractivity contribution < 1.29 is 4.39 Å². The quantitative estimate of drug-likeness (QED) is 0.551. The molecule has 120 valence electrons. The Morgan fingerprint density at radius 2 is 2.00 bits per heavy atom. The molecule has 2 heteroatoms. The topological polar surface area (TPSA) is 12.0 Å². The third kappa shape index (κ3) is 5.58. The Balaban J connectivity index is 1.53. The van der Waals surface area contributed by atoms with E-state index in [0.717, 1.165) is 37.4 Å². The van der Waals surface area contributed by atoms with Crippen molar-refractivity contribution >= 4 is 0 Å². The van der Waals surface area contributed by atoms with E-state index in [-0.39, 0.29) is 5.83 Å². The molecule has 1 nitrogen and oxygen atoms in total. The van der Waals surface area contributed by atoms with Crippen molar-refractivity contribution in [3.05, 3.63) is 23.6 Å². The molecule has 0 aromatic heterocycles. The van der Waals surface area contributed by atoms with Crippen LogP contribution in [-0.2, 0) is 0 Å². The highest BCUT2D eigenvalue weighted by molar-refractivity contribution is 5.27. The van der Waals surface area contributed by atoms with Gasteiger partial charge in [0, 0.05) is 6.54 Å². The largest absolute Gasteiger partial charge is 0.313 e. The average Bonchev–Trinajstić information content (AvgIpc) is 3.00. The molecule has 2 aliphatic rings. The summed E-state index contributed by atoms with van der Waals surface area (Å²) >= 11 is 0. The molecule has 0 amide bonds. The molecule has 0 aromatic carbocycles. The third-order valence-electron chi connectivity index (χ3n) is 5.23. The van der Waals surface area contributed by atoms with E-state index in [0.29, 0.717) is 5.92 Å². The SMILES string of the molecule is CCC1CC=CC(F)=C1CNCCCCCC1CCCC1. The van der Waals surface area contributed by atoms with E-state index in [9.17, 15) is 4.39 Å². The van der Waals surface area contributed by atoms with Crippen molar-refractivity contribution in [1.82, 2.24) is 5.32 Å². The van der Waals surface area contributed by atoms with E-state index >= 15 is 0 Å². The van der Waals surface area contributed by atoms with Crippen molar-refractivity contribution in [2.75, 3.05) is 13.1 Å². The summed E-state index contributed by atoms with van der Waals surface area (Å²) in [6.07, 6.45) is 16.9. The second-order valence-electron chi connectivity index (χ2n) is 6.79. The van der Waals surface area contributed by atoms with E-state index in [1.54, 1.807) is 6.08 Å².